The molecule has 0 aromatic heterocycles. The topological polar surface area (TPSA) is 55.1 Å². The summed E-state index contributed by atoms with van der Waals surface area (Å²) in [5.41, 5.74) is 6.18. The molecular formula is C13H18F2N2O. The molecule has 0 radical (unpaired) electrons. The fraction of sp³-hybridized carbons (Fsp3) is 0.462. The maximum atomic E-state index is 12.9. The first-order valence-corrected chi connectivity index (χ1v) is 6.01. The molecule has 0 heterocycles. The number of halogens is 2. The Hall–Kier alpha value is -1.49. The van der Waals surface area contributed by atoms with Crippen LogP contribution in [0.4, 0.5) is 8.78 Å². The molecule has 1 amide bonds. The second-order valence-electron chi connectivity index (χ2n) is 4.21. The zero-order valence-electron chi connectivity index (χ0n) is 10.4. The number of rotatable bonds is 6. The summed E-state index contributed by atoms with van der Waals surface area (Å²) in [4.78, 5) is 11.6. The van der Waals surface area contributed by atoms with E-state index in [-0.39, 0.29) is 12.5 Å². The molecule has 5 heteroatoms. The fourth-order valence-electron chi connectivity index (χ4n) is 1.52. The monoisotopic (exact) mass is 256 g/mol. The van der Waals surface area contributed by atoms with E-state index in [4.69, 9.17) is 5.73 Å². The van der Waals surface area contributed by atoms with Crippen molar-refractivity contribution in [1.29, 1.82) is 0 Å². The van der Waals surface area contributed by atoms with E-state index in [0.29, 0.717) is 12.0 Å². The van der Waals surface area contributed by atoms with Crippen LogP contribution in [0.2, 0.25) is 0 Å². The molecule has 0 aliphatic carbocycles. The highest BCUT2D eigenvalue weighted by atomic mass is 19.2. The van der Waals surface area contributed by atoms with Crippen molar-refractivity contribution in [1.82, 2.24) is 5.32 Å². The smallest absolute Gasteiger partial charge is 0.237 e. The van der Waals surface area contributed by atoms with Crippen LogP contribution < -0.4 is 11.1 Å². The number of unbranched alkanes of at least 4 members (excludes halogenated alkanes) is 1. The third-order valence-corrected chi connectivity index (χ3v) is 2.66. The summed E-state index contributed by atoms with van der Waals surface area (Å²) in [6.07, 6.45) is 2.49. The van der Waals surface area contributed by atoms with Crippen molar-refractivity contribution in [3.05, 3.63) is 35.4 Å². The summed E-state index contributed by atoms with van der Waals surface area (Å²) >= 11 is 0. The quantitative estimate of drug-likeness (QED) is 0.819. The minimum Gasteiger partial charge on any atom is -0.351 e. The first-order valence-electron chi connectivity index (χ1n) is 6.01. The Labute approximate surface area is 105 Å². The van der Waals surface area contributed by atoms with Gasteiger partial charge >= 0.3 is 0 Å². The molecule has 3 nitrogen and oxygen atoms in total. The van der Waals surface area contributed by atoms with Gasteiger partial charge in [-0.25, -0.2) is 8.78 Å². The van der Waals surface area contributed by atoms with Gasteiger partial charge in [-0.1, -0.05) is 25.8 Å². The Morgan fingerprint density at radius 1 is 1.39 bits per heavy atom. The van der Waals surface area contributed by atoms with E-state index in [1.54, 1.807) is 0 Å². The van der Waals surface area contributed by atoms with Gasteiger partial charge in [-0.3, -0.25) is 4.79 Å². The minimum absolute atomic E-state index is 0.149. The van der Waals surface area contributed by atoms with Crippen LogP contribution in [0.15, 0.2) is 18.2 Å². The number of amides is 1. The Kier molecular flexibility index (Phi) is 5.71. The summed E-state index contributed by atoms with van der Waals surface area (Å²) in [5.74, 6) is -2.09. The molecular weight excluding hydrogens is 238 g/mol. The highest BCUT2D eigenvalue weighted by molar-refractivity contribution is 5.81. The van der Waals surface area contributed by atoms with Gasteiger partial charge in [0.2, 0.25) is 5.91 Å². The van der Waals surface area contributed by atoms with Gasteiger partial charge in [0.1, 0.15) is 0 Å². The lowest BCUT2D eigenvalue weighted by Gasteiger charge is -2.11. The molecule has 0 aliphatic heterocycles. The third kappa shape index (κ3) is 4.41. The Bertz CT molecular complexity index is 410. The molecule has 100 valence electrons. The van der Waals surface area contributed by atoms with Crippen molar-refractivity contribution >= 4 is 5.91 Å². The van der Waals surface area contributed by atoms with Crippen LogP contribution in [0.1, 0.15) is 31.7 Å². The van der Waals surface area contributed by atoms with Crippen LogP contribution >= 0.6 is 0 Å². The summed E-state index contributed by atoms with van der Waals surface area (Å²) < 4.78 is 25.6. The van der Waals surface area contributed by atoms with Crippen molar-refractivity contribution in [2.45, 2.75) is 38.8 Å². The molecule has 1 rings (SSSR count). The zero-order chi connectivity index (χ0) is 13.5. The van der Waals surface area contributed by atoms with Crippen LogP contribution in [0, 0.1) is 11.6 Å². The molecule has 1 aromatic rings. The van der Waals surface area contributed by atoms with Crippen LogP contribution in [-0.2, 0) is 11.3 Å². The highest BCUT2D eigenvalue weighted by Crippen LogP contribution is 2.08. The lowest BCUT2D eigenvalue weighted by Crippen LogP contribution is -2.40. The number of carbonyl (C=O) groups is 1. The average Bonchev–Trinajstić information content (AvgIpc) is 2.36. The normalized spacial score (nSPS) is 12.2. The molecule has 0 spiro atoms. The summed E-state index contributed by atoms with van der Waals surface area (Å²) in [6, 6.07) is 2.98. The average molecular weight is 256 g/mol. The third-order valence-electron chi connectivity index (χ3n) is 2.66. The van der Waals surface area contributed by atoms with Gasteiger partial charge in [0.15, 0.2) is 11.6 Å². The van der Waals surface area contributed by atoms with Crippen LogP contribution in [0.5, 0.6) is 0 Å². The number of carbonyl (C=O) groups excluding carboxylic acids is 1. The van der Waals surface area contributed by atoms with Gasteiger partial charge in [0, 0.05) is 6.54 Å². The van der Waals surface area contributed by atoms with Crippen molar-refractivity contribution in [2.24, 2.45) is 5.73 Å². The zero-order valence-corrected chi connectivity index (χ0v) is 10.4. The van der Waals surface area contributed by atoms with E-state index < -0.39 is 17.7 Å². The van der Waals surface area contributed by atoms with E-state index in [2.05, 4.69) is 5.32 Å². The SMILES string of the molecule is CCCCC(N)C(=O)NCc1ccc(F)c(F)c1. The number of nitrogens with two attached hydrogens (primary N) is 1. The van der Waals surface area contributed by atoms with Gasteiger partial charge in [-0.15, -0.1) is 0 Å². The number of nitrogens with one attached hydrogen (secondary N) is 1. The van der Waals surface area contributed by atoms with E-state index in [0.717, 1.165) is 25.0 Å². The molecule has 0 aliphatic rings. The lowest BCUT2D eigenvalue weighted by atomic mass is 10.1. The van der Waals surface area contributed by atoms with Crippen molar-refractivity contribution in [3.63, 3.8) is 0 Å². The van der Waals surface area contributed by atoms with E-state index in [1.807, 2.05) is 6.92 Å². The Morgan fingerprint density at radius 2 is 2.11 bits per heavy atom. The molecule has 1 atom stereocenters. The molecule has 1 unspecified atom stereocenters. The van der Waals surface area contributed by atoms with Crippen LogP contribution in [0.3, 0.4) is 0 Å². The van der Waals surface area contributed by atoms with Gasteiger partial charge in [-0.05, 0) is 24.1 Å². The number of hydrogen-bond donors (Lipinski definition) is 2. The lowest BCUT2D eigenvalue weighted by molar-refractivity contribution is -0.122. The van der Waals surface area contributed by atoms with E-state index in [1.165, 1.54) is 6.07 Å². The van der Waals surface area contributed by atoms with Gasteiger partial charge in [-0.2, -0.15) is 0 Å². The molecule has 1 aromatic carbocycles. The van der Waals surface area contributed by atoms with E-state index >= 15 is 0 Å². The molecule has 0 saturated heterocycles. The maximum Gasteiger partial charge on any atom is 0.237 e. The van der Waals surface area contributed by atoms with Crippen molar-refractivity contribution in [3.8, 4) is 0 Å². The predicted molar refractivity (Wildman–Crippen MR) is 65.7 cm³/mol. The molecule has 3 N–H and O–H groups in total. The van der Waals surface area contributed by atoms with Crippen molar-refractivity contribution in [2.75, 3.05) is 0 Å². The second-order valence-corrected chi connectivity index (χ2v) is 4.21. The fourth-order valence-corrected chi connectivity index (χ4v) is 1.52. The molecule has 0 fully saturated rings. The Balaban J connectivity index is 2.44. The molecule has 18 heavy (non-hydrogen) atoms. The summed E-state index contributed by atoms with van der Waals surface area (Å²) in [5, 5.41) is 2.60. The first kappa shape index (κ1) is 14.6. The maximum absolute atomic E-state index is 12.9. The minimum atomic E-state index is -0.919. The highest BCUT2D eigenvalue weighted by Gasteiger charge is 2.12. The summed E-state index contributed by atoms with van der Waals surface area (Å²) in [7, 11) is 0. The van der Waals surface area contributed by atoms with Crippen LogP contribution in [0.25, 0.3) is 0 Å². The first-order chi connectivity index (χ1) is 8.54. The number of hydrogen-bond acceptors (Lipinski definition) is 2. The van der Waals surface area contributed by atoms with Crippen LogP contribution in [-0.4, -0.2) is 11.9 Å². The van der Waals surface area contributed by atoms with Gasteiger partial charge in [0.05, 0.1) is 6.04 Å². The summed E-state index contributed by atoms with van der Waals surface area (Å²) in [6.45, 7) is 2.17. The largest absolute Gasteiger partial charge is 0.351 e. The standard InChI is InChI=1S/C13H18F2N2O/c1-2-3-4-12(16)13(18)17-8-9-5-6-10(14)11(15)7-9/h5-7,12H,2-4,8,16H2,1H3,(H,17,18). The van der Waals surface area contributed by atoms with Gasteiger partial charge in [0.25, 0.3) is 0 Å². The van der Waals surface area contributed by atoms with Crippen molar-refractivity contribution < 1.29 is 13.6 Å². The van der Waals surface area contributed by atoms with E-state index in [9.17, 15) is 13.6 Å². The Morgan fingerprint density at radius 3 is 2.72 bits per heavy atom. The molecule has 0 bridgehead atoms. The molecule has 0 saturated carbocycles. The van der Waals surface area contributed by atoms with Gasteiger partial charge < -0.3 is 11.1 Å². The number of benzene rings is 1. The second kappa shape index (κ2) is 7.06. The predicted octanol–water partition coefficient (Wildman–Crippen LogP) is 2.10.